The molecule has 0 amide bonds. The van der Waals surface area contributed by atoms with Crippen LogP contribution in [-0.2, 0) is 20.8 Å². The Morgan fingerprint density at radius 2 is 1.93 bits per heavy atom. The Kier molecular flexibility index (Phi) is 6.20. The van der Waals surface area contributed by atoms with Gasteiger partial charge in [-0.2, -0.15) is 0 Å². The number of nitrogen functional groups attached to an aromatic ring is 1. The molecule has 1 aromatic carbocycles. The zero-order chi connectivity index (χ0) is 21.7. The van der Waals surface area contributed by atoms with E-state index in [9.17, 15) is 9.59 Å². The first-order valence-electron chi connectivity index (χ1n) is 8.83. The van der Waals surface area contributed by atoms with Gasteiger partial charge in [-0.05, 0) is 19.1 Å². The molecule has 3 rings (SSSR count). The molecule has 11 heteroatoms. The number of aromatic nitrogens is 4. The van der Waals surface area contributed by atoms with Crippen LogP contribution in [0.1, 0.15) is 21.9 Å². The van der Waals surface area contributed by atoms with Crippen LogP contribution >= 0.6 is 0 Å². The molecular weight excluding hydrogens is 392 g/mol. The number of benzene rings is 1. The van der Waals surface area contributed by atoms with Crippen molar-refractivity contribution in [2.45, 2.75) is 13.5 Å². The van der Waals surface area contributed by atoms with E-state index in [0.29, 0.717) is 34.9 Å². The minimum absolute atomic E-state index is 0.176. The van der Waals surface area contributed by atoms with Gasteiger partial charge in [-0.15, -0.1) is 0 Å². The highest BCUT2D eigenvalue weighted by Crippen LogP contribution is 2.25. The van der Waals surface area contributed by atoms with E-state index in [1.54, 1.807) is 25.3 Å². The second kappa shape index (κ2) is 8.99. The Bertz CT molecular complexity index is 1100. The molecule has 0 bridgehead atoms. The maximum atomic E-state index is 11.9. The van der Waals surface area contributed by atoms with Gasteiger partial charge in [0, 0.05) is 11.8 Å². The number of carbonyl (C=O) groups is 2. The van der Waals surface area contributed by atoms with Crippen LogP contribution < -0.4 is 15.8 Å². The lowest BCUT2D eigenvalue weighted by molar-refractivity contribution is -0.142. The van der Waals surface area contributed by atoms with E-state index in [1.165, 1.54) is 20.3 Å². The van der Waals surface area contributed by atoms with Crippen molar-refractivity contribution in [3.63, 3.8) is 0 Å². The fourth-order valence-electron chi connectivity index (χ4n) is 2.58. The third-order valence-corrected chi connectivity index (χ3v) is 4.03. The van der Waals surface area contributed by atoms with Gasteiger partial charge >= 0.3 is 11.9 Å². The lowest BCUT2D eigenvalue weighted by atomic mass is 10.1. The van der Waals surface area contributed by atoms with E-state index < -0.39 is 11.9 Å². The number of fused-ring (bicyclic) bond motifs is 1. The first kappa shape index (κ1) is 20.7. The molecule has 0 atom stereocenters. The molecule has 0 unspecified atom stereocenters. The quantitative estimate of drug-likeness (QED) is 0.539. The van der Waals surface area contributed by atoms with Gasteiger partial charge in [0.25, 0.3) is 0 Å². The maximum Gasteiger partial charge on any atom is 0.343 e. The van der Waals surface area contributed by atoms with Crippen molar-refractivity contribution in [1.82, 2.24) is 19.9 Å². The number of nitrogens with one attached hydrogen (secondary N) is 1. The van der Waals surface area contributed by atoms with Crippen LogP contribution in [0.3, 0.4) is 0 Å². The summed E-state index contributed by atoms with van der Waals surface area (Å²) in [6.07, 6.45) is 1.58. The zero-order valence-corrected chi connectivity index (χ0v) is 16.6. The van der Waals surface area contributed by atoms with Gasteiger partial charge in [0.15, 0.2) is 23.6 Å². The summed E-state index contributed by atoms with van der Waals surface area (Å²) in [5.41, 5.74) is 8.16. The van der Waals surface area contributed by atoms with Crippen molar-refractivity contribution in [1.29, 1.82) is 0 Å². The number of rotatable bonds is 7. The van der Waals surface area contributed by atoms with E-state index in [0.717, 1.165) is 0 Å². The predicted molar refractivity (Wildman–Crippen MR) is 107 cm³/mol. The monoisotopic (exact) mass is 412 g/mol. The van der Waals surface area contributed by atoms with E-state index in [-0.39, 0.29) is 23.7 Å². The van der Waals surface area contributed by atoms with Gasteiger partial charge < -0.3 is 25.3 Å². The number of methoxy groups -OCH3 is 2. The average Bonchev–Trinajstić information content (AvgIpc) is 2.75. The SMILES string of the molecule is COC(=O)COc1cc(NCc2cnc3nc(C)nc(N)c3n2)ccc1C(=O)OC. The summed E-state index contributed by atoms with van der Waals surface area (Å²) in [7, 11) is 2.50. The van der Waals surface area contributed by atoms with Crippen molar-refractivity contribution in [3.8, 4) is 5.75 Å². The fraction of sp³-hybridized carbons (Fsp3) is 0.263. The number of aryl methyl sites for hydroxylation is 1. The maximum absolute atomic E-state index is 11.9. The van der Waals surface area contributed by atoms with Crippen LogP contribution in [0, 0.1) is 6.92 Å². The molecule has 3 aromatic rings. The van der Waals surface area contributed by atoms with Gasteiger partial charge in [-0.25, -0.2) is 29.5 Å². The van der Waals surface area contributed by atoms with Crippen molar-refractivity contribution < 1.29 is 23.8 Å². The van der Waals surface area contributed by atoms with Gasteiger partial charge in [0.05, 0.1) is 32.7 Å². The number of hydrogen-bond acceptors (Lipinski definition) is 11. The lowest BCUT2D eigenvalue weighted by Crippen LogP contribution is -2.15. The highest BCUT2D eigenvalue weighted by Gasteiger charge is 2.15. The molecule has 30 heavy (non-hydrogen) atoms. The number of hydrogen-bond donors (Lipinski definition) is 2. The molecule has 11 nitrogen and oxygen atoms in total. The summed E-state index contributed by atoms with van der Waals surface area (Å²) in [5.74, 6) is -0.216. The molecule has 3 N–H and O–H groups in total. The van der Waals surface area contributed by atoms with Gasteiger partial charge in [0.1, 0.15) is 17.1 Å². The van der Waals surface area contributed by atoms with E-state index in [1.807, 2.05) is 0 Å². The minimum atomic E-state index is -0.590. The van der Waals surface area contributed by atoms with Crippen LogP contribution in [-0.4, -0.2) is 52.7 Å². The van der Waals surface area contributed by atoms with Crippen LogP contribution in [0.4, 0.5) is 11.5 Å². The number of nitrogens with two attached hydrogens (primary N) is 1. The van der Waals surface area contributed by atoms with E-state index in [2.05, 4.69) is 30.0 Å². The second-order valence-electron chi connectivity index (χ2n) is 6.11. The van der Waals surface area contributed by atoms with E-state index in [4.69, 9.17) is 15.2 Å². The Morgan fingerprint density at radius 1 is 1.13 bits per heavy atom. The molecule has 0 saturated carbocycles. The first-order chi connectivity index (χ1) is 14.4. The summed E-state index contributed by atoms with van der Waals surface area (Å²) in [6.45, 7) is 1.69. The molecule has 2 aromatic heterocycles. The Hall–Kier alpha value is -4.02. The summed E-state index contributed by atoms with van der Waals surface area (Å²) in [4.78, 5) is 40.3. The molecular formula is C19H20N6O5. The highest BCUT2D eigenvalue weighted by atomic mass is 16.6. The Morgan fingerprint density at radius 3 is 2.67 bits per heavy atom. The normalized spacial score (nSPS) is 10.5. The number of carbonyl (C=O) groups excluding carboxylic acids is 2. The smallest absolute Gasteiger partial charge is 0.343 e. The third kappa shape index (κ3) is 4.69. The third-order valence-electron chi connectivity index (χ3n) is 4.03. The molecule has 0 aliphatic carbocycles. The highest BCUT2D eigenvalue weighted by molar-refractivity contribution is 5.93. The number of ether oxygens (including phenoxy) is 3. The number of anilines is 2. The molecule has 0 fully saturated rings. The van der Waals surface area contributed by atoms with Gasteiger partial charge in [0.2, 0.25) is 0 Å². The molecule has 0 aliphatic rings. The summed E-state index contributed by atoms with van der Waals surface area (Å²) < 4.78 is 14.7. The van der Waals surface area contributed by atoms with E-state index >= 15 is 0 Å². The average molecular weight is 412 g/mol. The molecule has 156 valence electrons. The lowest BCUT2D eigenvalue weighted by Gasteiger charge is -2.13. The van der Waals surface area contributed by atoms with Crippen molar-refractivity contribution in [2.24, 2.45) is 0 Å². The van der Waals surface area contributed by atoms with Crippen LogP contribution in [0.15, 0.2) is 24.4 Å². The fourth-order valence-corrected chi connectivity index (χ4v) is 2.58. The van der Waals surface area contributed by atoms with Crippen LogP contribution in [0.5, 0.6) is 5.75 Å². The summed E-state index contributed by atoms with van der Waals surface area (Å²) >= 11 is 0. The first-order valence-corrected chi connectivity index (χ1v) is 8.83. The zero-order valence-electron chi connectivity index (χ0n) is 16.6. The minimum Gasteiger partial charge on any atom is -0.481 e. The topological polar surface area (TPSA) is 151 Å². The van der Waals surface area contributed by atoms with Gasteiger partial charge in [-0.1, -0.05) is 0 Å². The second-order valence-corrected chi connectivity index (χ2v) is 6.11. The van der Waals surface area contributed by atoms with Crippen molar-refractivity contribution >= 4 is 34.6 Å². The molecule has 0 saturated heterocycles. The molecule has 0 aliphatic heterocycles. The summed E-state index contributed by atoms with van der Waals surface area (Å²) in [5, 5.41) is 3.15. The Balaban J connectivity index is 1.79. The van der Waals surface area contributed by atoms with Gasteiger partial charge in [-0.3, -0.25) is 0 Å². The number of esters is 2. The molecule has 2 heterocycles. The van der Waals surface area contributed by atoms with Crippen molar-refractivity contribution in [3.05, 3.63) is 41.5 Å². The summed E-state index contributed by atoms with van der Waals surface area (Å²) in [6, 6.07) is 4.78. The number of nitrogens with zero attached hydrogens (tertiary/aromatic N) is 4. The molecule has 0 radical (unpaired) electrons. The van der Waals surface area contributed by atoms with Crippen molar-refractivity contribution in [2.75, 3.05) is 31.9 Å². The largest absolute Gasteiger partial charge is 0.481 e. The predicted octanol–water partition coefficient (Wildman–Crippen LogP) is 1.26. The standard InChI is InChI=1S/C19H20N6O5/c1-10-23-17(20)16-18(24-10)22-8-12(25-16)7-21-11-4-5-13(19(27)29-3)14(6-11)30-9-15(26)28-2/h4-6,8,21H,7,9H2,1-3H3,(H2,20,22,23,24). The van der Waals surface area contributed by atoms with Crippen LogP contribution in [0.2, 0.25) is 0 Å². The molecule has 0 spiro atoms. The Labute approximate surface area is 171 Å². The van der Waals surface area contributed by atoms with Crippen LogP contribution in [0.25, 0.3) is 11.2 Å².